The van der Waals surface area contributed by atoms with Crippen LogP contribution in [0.1, 0.15) is 20.8 Å². The first-order chi connectivity index (χ1) is 6.11. The first-order valence-electron chi connectivity index (χ1n) is 5.03. The second kappa shape index (κ2) is 2.98. The van der Waals surface area contributed by atoms with Gasteiger partial charge in [-0.25, -0.2) is 0 Å². The standard InChI is InChI=1S/C10H17NO2/c1-6-7(2)10(12)11(8(6)3)4-9-5-13-9/h6-9H,4-5H2,1-3H3/t6?,7?,8?,9-/m1/s1. The molecule has 4 atom stereocenters. The van der Waals surface area contributed by atoms with Crippen molar-refractivity contribution in [2.45, 2.75) is 32.9 Å². The molecule has 0 bridgehead atoms. The number of amides is 1. The van der Waals surface area contributed by atoms with Gasteiger partial charge in [-0.2, -0.15) is 0 Å². The number of carbonyl (C=O) groups excluding carboxylic acids is 1. The van der Waals surface area contributed by atoms with E-state index in [-0.39, 0.29) is 5.92 Å². The van der Waals surface area contributed by atoms with Crippen LogP contribution in [-0.4, -0.2) is 36.1 Å². The molecule has 2 fully saturated rings. The second-order valence-corrected chi connectivity index (χ2v) is 4.33. The van der Waals surface area contributed by atoms with Gasteiger partial charge in [0.2, 0.25) is 5.91 Å². The quantitative estimate of drug-likeness (QED) is 0.595. The van der Waals surface area contributed by atoms with Crippen molar-refractivity contribution >= 4 is 5.91 Å². The Bertz CT molecular complexity index is 225. The zero-order chi connectivity index (χ0) is 9.59. The lowest BCUT2D eigenvalue weighted by atomic mass is 9.95. The van der Waals surface area contributed by atoms with Crippen LogP contribution in [0, 0.1) is 11.8 Å². The molecule has 0 N–H and O–H groups in total. The highest BCUT2D eigenvalue weighted by atomic mass is 16.6. The molecule has 2 saturated heterocycles. The van der Waals surface area contributed by atoms with Crippen LogP contribution in [-0.2, 0) is 9.53 Å². The van der Waals surface area contributed by atoms with E-state index in [1.807, 2.05) is 11.8 Å². The van der Waals surface area contributed by atoms with Crippen LogP contribution >= 0.6 is 0 Å². The normalized spacial score (nSPS) is 44.2. The Morgan fingerprint density at radius 3 is 2.46 bits per heavy atom. The predicted octanol–water partition coefficient (Wildman–Crippen LogP) is 0.888. The van der Waals surface area contributed by atoms with Crippen molar-refractivity contribution in [1.82, 2.24) is 4.90 Å². The summed E-state index contributed by atoms with van der Waals surface area (Å²) in [6.07, 6.45) is 0.323. The van der Waals surface area contributed by atoms with Gasteiger partial charge in [0.15, 0.2) is 0 Å². The molecule has 74 valence electrons. The van der Waals surface area contributed by atoms with Gasteiger partial charge in [-0.05, 0) is 12.8 Å². The van der Waals surface area contributed by atoms with E-state index in [9.17, 15) is 4.79 Å². The minimum atomic E-state index is 0.189. The van der Waals surface area contributed by atoms with E-state index in [4.69, 9.17) is 4.74 Å². The van der Waals surface area contributed by atoms with Gasteiger partial charge in [0, 0.05) is 18.5 Å². The third-order valence-corrected chi connectivity index (χ3v) is 3.52. The van der Waals surface area contributed by atoms with Crippen LogP contribution in [0.3, 0.4) is 0 Å². The third kappa shape index (κ3) is 1.46. The second-order valence-electron chi connectivity index (χ2n) is 4.33. The lowest BCUT2D eigenvalue weighted by molar-refractivity contribution is -0.131. The van der Waals surface area contributed by atoms with Crippen molar-refractivity contribution in [3.8, 4) is 0 Å². The zero-order valence-electron chi connectivity index (χ0n) is 8.49. The summed E-state index contributed by atoms with van der Waals surface area (Å²) in [6, 6.07) is 0.381. The summed E-state index contributed by atoms with van der Waals surface area (Å²) in [5.74, 6) is 0.968. The van der Waals surface area contributed by atoms with Gasteiger partial charge in [-0.15, -0.1) is 0 Å². The Balaban J connectivity index is 2.04. The molecule has 3 unspecified atom stereocenters. The Morgan fingerprint density at radius 2 is 2.08 bits per heavy atom. The molecular formula is C10H17NO2. The van der Waals surface area contributed by atoms with Crippen molar-refractivity contribution < 1.29 is 9.53 Å². The minimum absolute atomic E-state index is 0.189. The van der Waals surface area contributed by atoms with Crippen molar-refractivity contribution in [2.75, 3.05) is 13.2 Å². The predicted molar refractivity (Wildman–Crippen MR) is 49.2 cm³/mol. The molecule has 2 rings (SSSR count). The summed E-state index contributed by atoms with van der Waals surface area (Å²) in [5, 5.41) is 0. The van der Waals surface area contributed by atoms with Crippen molar-refractivity contribution in [3.05, 3.63) is 0 Å². The lowest BCUT2D eigenvalue weighted by Crippen LogP contribution is -2.36. The Kier molecular flexibility index (Phi) is 2.06. The molecule has 2 heterocycles. The molecule has 0 spiro atoms. The van der Waals surface area contributed by atoms with Crippen molar-refractivity contribution in [2.24, 2.45) is 11.8 Å². The largest absolute Gasteiger partial charge is 0.371 e. The molecule has 3 nitrogen and oxygen atoms in total. The Hall–Kier alpha value is -0.570. The maximum absolute atomic E-state index is 11.8. The molecule has 0 radical (unpaired) electrons. The van der Waals surface area contributed by atoms with E-state index in [1.165, 1.54) is 0 Å². The summed E-state index contributed by atoms with van der Waals surface area (Å²) in [6.45, 7) is 7.95. The van der Waals surface area contributed by atoms with E-state index in [0.29, 0.717) is 24.0 Å². The van der Waals surface area contributed by atoms with E-state index in [0.717, 1.165) is 13.2 Å². The van der Waals surface area contributed by atoms with E-state index >= 15 is 0 Å². The average Bonchev–Trinajstić information content (AvgIpc) is 2.89. The number of ether oxygens (including phenoxy) is 1. The van der Waals surface area contributed by atoms with Crippen LogP contribution in [0.2, 0.25) is 0 Å². The SMILES string of the molecule is CC1C(=O)N(C[C@@H]2CO2)C(C)C1C. The van der Waals surface area contributed by atoms with Crippen LogP contribution in [0.4, 0.5) is 0 Å². The monoisotopic (exact) mass is 183 g/mol. The van der Waals surface area contributed by atoms with Gasteiger partial charge in [0.05, 0.1) is 12.7 Å². The molecule has 0 aliphatic carbocycles. The average molecular weight is 183 g/mol. The van der Waals surface area contributed by atoms with Gasteiger partial charge in [0.1, 0.15) is 0 Å². The molecular weight excluding hydrogens is 166 g/mol. The fourth-order valence-electron chi connectivity index (χ4n) is 2.04. The smallest absolute Gasteiger partial charge is 0.226 e. The van der Waals surface area contributed by atoms with Crippen molar-refractivity contribution in [3.63, 3.8) is 0 Å². The number of carbonyl (C=O) groups is 1. The molecule has 0 aromatic heterocycles. The summed E-state index contributed by atoms with van der Waals surface area (Å²) < 4.78 is 5.14. The molecule has 2 aliphatic rings. The van der Waals surface area contributed by atoms with Crippen LogP contribution in [0.15, 0.2) is 0 Å². The minimum Gasteiger partial charge on any atom is -0.371 e. The first-order valence-corrected chi connectivity index (χ1v) is 5.03. The van der Waals surface area contributed by atoms with Gasteiger partial charge < -0.3 is 9.64 Å². The van der Waals surface area contributed by atoms with E-state index < -0.39 is 0 Å². The van der Waals surface area contributed by atoms with Gasteiger partial charge in [0.25, 0.3) is 0 Å². The third-order valence-electron chi connectivity index (χ3n) is 3.52. The highest BCUT2D eigenvalue weighted by Gasteiger charge is 2.42. The summed E-state index contributed by atoms with van der Waals surface area (Å²) >= 11 is 0. The number of rotatable bonds is 2. The highest BCUT2D eigenvalue weighted by molar-refractivity contribution is 5.81. The van der Waals surface area contributed by atoms with Crippen molar-refractivity contribution in [1.29, 1.82) is 0 Å². The van der Waals surface area contributed by atoms with Gasteiger partial charge in [-0.3, -0.25) is 4.79 Å². The lowest BCUT2D eigenvalue weighted by Gasteiger charge is -2.22. The maximum Gasteiger partial charge on any atom is 0.226 e. The number of epoxide rings is 1. The molecule has 0 aromatic carbocycles. The molecule has 13 heavy (non-hydrogen) atoms. The maximum atomic E-state index is 11.8. The molecule has 1 amide bonds. The molecule has 0 saturated carbocycles. The van der Waals surface area contributed by atoms with Gasteiger partial charge >= 0.3 is 0 Å². The highest BCUT2D eigenvalue weighted by Crippen LogP contribution is 2.31. The molecule has 0 aromatic rings. The van der Waals surface area contributed by atoms with E-state index in [1.54, 1.807) is 0 Å². The topological polar surface area (TPSA) is 32.8 Å². The van der Waals surface area contributed by atoms with Crippen LogP contribution < -0.4 is 0 Å². The first kappa shape index (κ1) is 9.00. The van der Waals surface area contributed by atoms with Crippen LogP contribution in [0.5, 0.6) is 0 Å². The molecule has 3 heteroatoms. The molecule has 2 aliphatic heterocycles. The Morgan fingerprint density at radius 1 is 1.46 bits per heavy atom. The number of hydrogen-bond donors (Lipinski definition) is 0. The summed E-state index contributed by atoms with van der Waals surface area (Å²) in [5.41, 5.74) is 0. The fourth-order valence-corrected chi connectivity index (χ4v) is 2.04. The number of nitrogens with zero attached hydrogens (tertiary/aromatic N) is 1. The number of hydrogen-bond acceptors (Lipinski definition) is 2. The number of likely N-dealkylation sites (tertiary alicyclic amines) is 1. The zero-order valence-corrected chi connectivity index (χ0v) is 8.49. The fraction of sp³-hybridized carbons (Fsp3) is 0.900. The van der Waals surface area contributed by atoms with Crippen LogP contribution in [0.25, 0.3) is 0 Å². The summed E-state index contributed by atoms with van der Waals surface area (Å²) in [7, 11) is 0. The summed E-state index contributed by atoms with van der Waals surface area (Å²) in [4.78, 5) is 13.7. The Labute approximate surface area is 79.0 Å². The van der Waals surface area contributed by atoms with E-state index in [2.05, 4.69) is 13.8 Å². The van der Waals surface area contributed by atoms with Gasteiger partial charge in [-0.1, -0.05) is 13.8 Å².